The minimum atomic E-state index is 0.579. The smallest absolute Gasteiger partial charge is 0.208 e. The van der Waals surface area contributed by atoms with Gasteiger partial charge in [-0.2, -0.15) is 0 Å². The van der Waals surface area contributed by atoms with Gasteiger partial charge in [-0.25, -0.2) is 0 Å². The largest absolute Gasteiger partial charge is 0.353 e. The third kappa shape index (κ3) is 3.01. The normalized spacial score (nSPS) is 10.7. The molecule has 0 spiro atoms. The first-order chi connectivity index (χ1) is 8.60. The third-order valence-corrected chi connectivity index (χ3v) is 4.77. The van der Waals surface area contributed by atoms with E-state index in [0.717, 1.165) is 15.0 Å². The fourth-order valence-electron chi connectivity index (χ4n) is 1.47. The molecule has 0 fully saturated rings. The summed E-state index contributed by atoms with van der Waals surface area (Å²) in [6.45, 7) is 2.67. The minimum Gasteiger partial charge on any atom is -0.353 e. The molecule has 4 nitrogen and oxygen atoms in total. The molecule has 6 heteroatoms. The Morgan fingerprint density at radius 1 is 1.33 bits per heavy atom. The predicted octanol–water partition coefficient (Wildman–Crippen LogP) is 2.52. The standard InChI is InChI=1S/C12H16N4S2/c1-8-6-9(7-13)4-5-10(8)17-12-15-14-11(18-12)16(2)3/h4-6H,7,13H2,1-3H3. The van der Waals surface area contributed by atoms with Gasteiger partial charge in [0.2, 0.25) is 5.13 Å². The molecule has 0 saturated carbocycles. The highest BCUT2D eigenvalue weighted by Gasteiger charge is 2.09. The number of nitrogens with zero attached hydrogens (tertiary/aromatic N) is 3. The number of aryl methyl sites for hydroxylation is 1. The average Bonchev–Trinajstić information content (AvgIpc) is 2.80. The molecule has 0 aliphatic rings. The monoisotopic (exact) mass is 280 g/mol. The van der Waals surface area contributed by atoms with Crippen molar-refractivity contribution in [1.82, 2.24) is 10.2 Å². The molecule has 1 heterocycles. The van der Waals surface area contributed by atoms with Gasteiger partial charge in [0.05, 0.1) is 0 Å². The summed E-state index contributed by atoms with van der Waals surface area (Å²) in [7, 11) is 3.94. The maximum Gasteiger partial charge on any atom is 0.208 e. The van der Waals surface area contributed by atoms with Crippen LogP contribution in [0.25, 0.3) is 0 Å². The van der Waals surface area contributed by atoms with E-state index < -0.39 is 0 Å². The van der Waals surface area contributed by atoms with Crippen LogP contribution in [0.3, 0.4) is 0 Å². The van der Waals surface area contributed by atoms with Crippen molar-refractivity contribution in [3.05, 3.63) is 29.3 Å². The van der Waals surface area contributed by atoms with Gasteiger partial charge in [0.25, 0.3) is 0 Å². The molecular weight excluding hydrogens is 264 g/mol. The lowest BCUT2D eigenvalue weighted by Crippen LogP contribution is -2.07. The second kappa shape index (κ2) is 5.69. The number of anilines is 1. The molecule has 0 radical (unpaired) electrons. The van der Waals surface area contributed by atoms with Crippen LogP contribution < -0.4 is 10.6 Å². The van der Waals surface area contributed by atoms with Crippen molar-refractivity contribution in [2.45, 2.75) is 22.7 Å². The summed E-state index contributed by atoms with van der Waals surface area (Å²) in [6, 6.07) is 6.28. The van der Waals surface area contributed by atoms with Crippen molar-refractivity contribution in [3.63, 3.8) is 0 Å². The fourth-order valence-corrected chi connectivity index (χ4v) is 3.26. The predicted molar refractivity (Wildman–Crippen MR) is 77.4 cm³/mol. The second-order valence-corrected chi connectivity index (χ2v) is 6.40. The molecule has 1 aromatic heterocycles. The zero-order valence-corrected chi connectivity index (χ0v) is 12.3. The van der Waals surface area contributed by atoms with Gasteiger partial charge in [0.1, 0.15) is 0 Å². The Hall–Kier alpha value is -1.11. The molecule has 2 aromatic rings. The Bertz CT molecular complexity index is 537. The van der Waals surface area contributed by atoms with Gasteiger partial charge in [-0.1, -0.05) is 35.2 Å². The summed E-state index contributed by atoms with van der Waals surface area (Å²) in [5, 5.41) is 9.24. The van der Waals surface area contributed by atoms with Crippen LogP contribution in [-0.4, -0.2) is 24.3 Å². The van der Waals surface area contributed by atoms with Crippen LogP contribution in [-0.2, 0) is 6.54 Å². The maximum atomic E-state index is 5.63. The molecule has 1 aromatic carbocycles. The first kappa shape index (κ1) is 13.3. The van der Waals surface area contributed by atoms with Crippen molar-refractivity contribution >= 4 is 28.2 Å². The van der Waals surface area contributed by atoms with Gasteiger partial charge >= 0.3 is 0 Å². The Balaban J connectivity index is 2.17. The molecule has 0 saturated heterocycles. The van der Waals surface area contributed by atoms with Crippen LogP contribution in [0.4, 0.5) is 5.13 Å². The Labute approximate surface area is 115 Å². The lowest BCUT2D eigenvalue weighted by Gasteiger charge is -2.05. The molecule has 96 valence electrons. The molecule has 0 unspecified atom stereocenters. The van der Waals surface area contributed by atoms with E-state index in [9.17, 15) is 0 Å². The van der Waals surface area contributed by atoms with E-state index >= 15 is 0 Å². The minimum absolute atomic E-state index is 0.579. The van der Waals surface area contributed by atoms with E-state index in [-0.39, 0.29) is 0 Å². The van der Waals surface area contributed by atoms with Gasteiger partial charge in [0, 0.05) is 25.5 Å². The highest BCUT2D eigenvalue weighted by atomic mass is 32.2. The van der Waals surface area contributed by atoms with Crippen LogP contribution in [0.5, 0.6) is 0 Å². The summed E-state index contributed by atoms with van der Waals surface area (Å²) in [4.78, 5) is 3.17. The number of rotatable bonds is 4. The van der Waals surface area contributed by atoms with Gasteiger partial charge in [-0.3, -0.25) is 0 Å². The summed E-state index contributed by atoms with van der Waals surface area (Å²) >= 11 is 3.25. The summed E-state index contributed by atoms with van der Waals surface area (Å²) in [5.41, 5.74) is 8.01. The van der Waals surface area contributed by atoms with E-state index in [1.807, 2.05) is 19.0 Å². The van der Waals surface area contributed by atoms with Crippen molar-refractivity contribution in [3.8, 4) is 0 Å². The third-order valence-electron chi connectivity index (χ3n) is 2.45. The van der Waals surface area contributed by atoms with E-state index in [1.165, 1.54) is 10.5 Å². The van der Waals surface area contributed by atoms with Gasteiger partial charge < -0.3 is 10.6 Å². The zero-order valence-electron chi connectivity index (χ0n) is 10.7. The van der Waals surface area contributed by atoms with Crippen molar-refractivity contribution in [2.75, 3.05) is 19.0 Å². The molecule has 0 aliphatic carbocycles. The molecule has 18 heavy (non-hydrogen) atoms. The van der Waals surface area contributed by atoms with Gasteiger partial charge in [-0.05, 0) is 24.1 Å². The molecular formula is C12H16N4S2. The topological polar surface area (TPSA) is 55.0 Å². The molecule has 0 atom stereocenters. The first-order valence-corrected chi connectivity index (χ1v) is 7.21. The Kier molecular flexibility index (Phi) is 4.21. The van der Waals surface area contributed by atoms with Gasteiger partial charge in [0.15, 0.2) is 4.34 Å². The Morgan fingerprint density at radius 2 is 2.11 bits per heavy atom. The SMILES string of the molecule is Cc1cc(CN)ccc1Sc1nnc(N(C)C)s1. The lowest BCUT2D eigenvalue weighted by atomic mass is 10.1. The van der Waals surface area contributed by atoms with Crippen LogP contribution in [0.15, 0.2) is 27.4 Å². The second-order valence-electron chi connectivity index (χ2n) is 4.15. The molecule has 0 aliphatic heterocycles. The number of benzene rings is 1. The quantitative estimate of drug-likeness (QED) is 0.932. The van der Waals surface area contributed by atoms with E-state index in [0.29, 0.717) is 6.54 Å². The molecule has 2 rings (SSSR count). The fraction of sp³-hybridized carbons (Fsp3) is 0.333. The summed E-state index contributed by atoms with van der Waals surface area (Å²) in [5.74, 6) is 0. The molecule has 0 bridgehead atoms. The van der Waals surface area contributed by atoms with Crippen LogP contribution in [0.1, 0.15) is 11.1 Å². The van der Waals surface area contributed by atoms with Crippen LogP contribution in [0.2, 0.25) is 0 Å². The van der Waals surface area contributed by atoms with Crippen molar-refractivity contribution in [1.29, 1.82) is 0 Å². The zero-order chi connectivity index (χ0) is 13.1. The van der Waals surface area contributed by atoms with Crippen LogP contribution in [0, 0.1) is 6.92 Å². The van der Waals surface area contributed by atoms with Crippen LogP contribution >= 0.6 is 23.1 Å². The molecule has 0 amide bonds. The Morgan fingerprint density at radius 3 is 2.67 bits per heavy atom. The van der Waals surface area contributed by atoms with Gasteiger partial charge in [-0.15, -0.1) is 10.2 Å². The van der Waals surface area contributed by atoms with Crippen molar-refractivity contribution < 1.29 is 0 Å². The lowest BCUT2D eigenvalue weighted by molar-refractivity contribution is 0.972. The van der Waals surface area contributed by atoms with E-state index in [2.05, 4.69) is 35.3 Å². The summed E-state index contributed by atoms with van der Waals surface area (Å²) < 4.78 is 0.960. The van der Waals surface area contributed by atoms with E-state index in [4.69, 9.17) is 5.73 Å². The molecule has 2 N–H and O–H groups in total. The highest BCUT2D eigenvalue weighted by Crippen LogP contribution is 2.34. The van der Waals surface area contributed by atoms with E-state index in [1.54, 1.807) is 23.1 Å². The summed E-state index contributed by atoms with van der Waals surface area (Å²) in [6.07, 6.45) is 0. The first-order valence-electron chi connectivity index (χ1n) is 5.58. The average molecular weight is 280 g/mol. The number of hydrogen-bond donors (Lipinski definition) is 1. The maximum absolute atomic E-state index is 5.63. The number of hydrogen-bond acceptors (Lipinski definition) is 6. The highest BCUT2D eigenvalue weighted by molar-refractivity contribution is 8.01. The van der Waals surface area contributed by atoms with Crippen molar-refractivity contribution in [2.24, 2.45) is 5.73 Å². The number of nitrogens with two attached hydrogens (primary N) is 1. The number of aromatic nitrogens is 2.